The van der Waals surface area contributed by atoms with Gasteiger partial charge in [0.05, 0.1) is 14.0 Å². The molecule has 0 bridgehead atoms. The van der Waals surface area contributed by atoms with E-state index >= 15 is 0 Å². The molecule has 4 N–H and O–H groups in total. The zero-order chi connectivity index (χ0) is 12.9. The Hall–Kier alpha value is -0.585. The van der Waals surface area contributed by atoms with E-state index in [1.54, 1.807) is 0 Å². The molecular formula is C11H21BN2O3. The fourth-order valence-corrected chi connectivity index (χ4v) is 2.01. The molecule has 1 aliphatic rings. The Labute approximate surface area is 103 Å². The predicted molar refractivity (Wildman–Crippen MR) is 66.0 cm³/mol. The van der Waals surface area contributed by atoms with E-state index in [0.29, 0.717) is 38.8 Å². The topological polar surface area (TPSA) is 86.8 Å². The van der Waals surface area contributed by atoms with Crippen LogP contribution in [0.3, 0.4) is 0 Å². The monoisotopic (exact) mass is 240 g/mol. The Morgan fingerprint density at radius 3 is 2.53 bits per heavy atom. The molecule has 0 amide bonds. The molecule has 0 aromatic carbocycles. The first-order valence-electron chi connectivity index (χ1n) is 6.11. The van der Waals surface area contributed by atoms with Crippen LogP contribution in [0.25, 0.3) is 0 Å². The van der Waals surface area contributed by atoms with Gasteiger partial charge in [0, 0.05) is 19.6 Å². The predicted octanol–water partition coefficient (Wildman–Crippen LogP) is -0.408. The minimum absolute atomic E-state index is 0.260. The maximum absolute atomic E-state index is 11.2. The van der Waals surface area contributed by atoms with E-state index in [4.69, 9.17) is 23.8 Å². The summed E-state index contributed by atoms with van der Waals surface area (Å²) in [6, 6.07) is 0. The number of rotatable bonds is 8. The summed E-state index contributed by atoms with van der Waals surface area (Å²) >= 11 is 0. The number of aliphatic hydroxyl groups is 1. The standard InChI is InChI=1S/C11H21BN2O3/c12-5-2-1-3-11(13,10(16)17)4-6-14-7-9(15)8-14/h9,15H,1-8,13H2,(H,16,17). The highest BCUT2D eigenvalue weighted by Crippen LogP contribution is 2.19. The largest absolute Gasteiger partial charge is 0.480 e. The van der Waals surface area contributed by atoms with Crippen LogP contribution in [0.5, 0.6) is 0 Å². The molecule has 6 heteroatoms. The highest BCUT2D eigenvalue weighted by atomic mass is 16.4. The Morgan fingerprint density at radius 1 is 1.41 bits per heavy atom. The van der Waals surface area contributed by atoms with Crippen LogP contribution in [-0.4, -0.2) is 60.2 Å². The SMILES string of the molecule is [B]CCCCC(N)(CCN1CC(O)C1)C(=O)O. The third kappa shape index (κ3) is 4.29. The molecule has 0 saturated carbocycles. The third-order valence-corrected chi connectivity index (χ3v) is 3.31. The van der Waals surface area contributed by atoms with Crippen LogP contribution in [0.1, 0.15) is 25.7 Å². The van der Waals surface area contributed by atoms with E-state index in [0.717, 1.165) is 12.8 Å². The summed E-state index contributed by atoms with van der Waals surface area (Å²) in [6.07, 6.45) is 2.71. The van der Waals surface area contributed by atoms with Crippen molar-refractivity contribution in [3.8, 4) is 0 Å². The van der Waals surface area contributed by atoms with Gasteiger partial charge < -0.3 is 15.9 Å². The Bertz CT molecular complexity index is 259. The molecule has 1 aliphatic heterocycles. The Kier molecular flexibility index (Phi) is 5.43. The van der Waals surface area contributed by atoms with Gasteiger partial charge in [-0.25, -0.2) is 0 Å². The number of nitrogens with two attached hydrogens (primary N) is 1. The van der Waals surface area contributed by atoms with Gasteiger partial charge in [0.1, 0.15) is 5.54 Å². The molecule has 1 heterocycles. The smallest absolute Gasteiger partial charge is 0.323 e. The Balaban J connectivity index is 2.33. The molecule has 1 atom stereocenters. The van der Waals surface area contributed by atoms with Crippen molar-refractivity contribution in [2.24, 2.45) is 5.73 Å². The van der Waals surface area contributed by atoms with E-state index in [1.807, 2.05) is 4.90 Å². The van der Waals surface area contributed by atoms with Crippen molar-refractivity contribution in [1.29, 1.82) is 0 Å². The lowest BCUT2D eigenvalue weighted by molar-refractivity contribution is -0.144. The van der Waals surface area contributed by atoms with Crippen molar-refractivity contribution in [2.45, 2.75) is 43.6 Å². The number of carboxylic acids is 1. The number of hydrogen-bond acceptors (Lipinski definition) is 4. The number of aliphatic carboxylic acids is 1. The van der Waals surface area contributed by atoms with Crippen LogP contribution >= 0.6 is 0 Å². The number of hydrogen-bond donors (Lipinski definition) is 3. The number of β-amino-alcohol motifs (C(OH)–C–C–N with tert-alkyl or cyclic N) is 1. The second-order valence-electron chi connectivity index (χ2n) is 4.87. The average Bonchev–Trinajstić information content (AvgIpc) is 2.23. The maximum Gasteiger partial charge on any atom is 0.323 e. The van der Waals surface area contributed by atoms with Gasteiger partial charge in [-0.15, -0.1) is 0 Å². The number of unbranched alkanes of at least 4 members (excludes halogenated alkanes) is 1. The molecule has 1 fully saturated rings. The maximum atomic E-state index is 11.2. The zero-order valence-corrected chi connectivity index (χ0v) is 10.1. The lowest BCUT2D eigenvalue weighted by Gasteiger charge is -2.37. The van der Waals surface area contributed by atoms with Gasteiger partial charge in [0.25, 0.3) is 0 Å². The summed E-state index contributed by atoms with van der Waals surface area (Å²) in [4.78, 5) is 13.2. The molecular weight excluding hydrogens is 219 g/mol. The van der Waals surface area contributed by atoms with Crippen LogP contribution in [-0.2, 0) is 4.79 Å². The molecule has 5 nitrogen and oxygen atoms in total. The van der Waals surface area contributed by atoms with E-state index in [1.165, 1.54) is 0 Å². The lowest BCUT2D eigenvalue weighted by atomic mass is 9.87. The first-order chi connectivity index (χ1) is 7.98. The molecule has 1 saturated heterocycles. The summed E-state index contributed by atoms with van der Waals surface area (Å²) in [5, 5.41) is 18.3. The van der Waals surface area contributed by atoms with Gasteiger partial charge >= 0.3 is 5.97 Å². The highest BCUT2D eigenvalue weighted by Gasteiger charge is 2.35. The van der Waals surface area contributed by atoms with E-state index < -0.39 is 11.5 Å². The average molecular weight is 240 g/mol. The fraction of sp³-hybridized carbons (Fsp3) is 0.909. The summed E-state index contributed by atoms with van der Waals surface area (Å²) in [6.45, 7) is 1.87. The minimum Gasteiger partial charge on any atom is -0.480 e. The Morgan fingerprint density at radius 2 is 2.06 bits per heavy atom. The molecule has 1 unspecified atom stereocenters. The van der Waals surface area contributed by atoms with Crippen LogP contribution in [0, 0.1) is 0 Å². The van der Waals surface area contributed by atoms with Gasteiger partial charge in [0.2, 0.25) is 0 Å². The van der Waals surface area contributed by atoms with Crippen molar-refractivity contribution in [3.63, 3.8) is 0 Å². The van der Waals surface area contributed by atoms with Gasteiger partial charge in [-0.05, 0) is 12.8 Å². The molecule has 0 aliphatic carbocycles. The first-order valence-corrected chi connectivity index (χ1v) is 6.11. The summed E-state index contributed by atoms with van der Waals surface area (Å²) < 4.78 is 0. The quantitative estimate of drug-likeness (QED) is 0.396. The van der Waals surface area contributed by atoms with Crippen molar-refractivity contribution in [1.82, 2.24) is 4.90 Å². The second kappa shape index (κ2) is 6.38. The lowest BCUT2D eigenvalue weighted by Crippen LogP contribution is -2.55. The number of nitrogens with zero attached hydrogens (tertiary/aromatic N) is 1. The van der Waals surface area contributed by atoms with Crippen molar-refractivity contribution < 1.29 is 15.0 Å². The van der Waals surface area contributed by atoms with E-state index in [2.05, 4.69) is 0 Å². The molecule has 0 aromatic rings. The molecule has 17 heavy (non-hydrogen) atoms. The van der Waals surface area contributed by atoms with Gasteiger partial charge in [0.15, 0.2) is 0 Å². The van der Waals surface area contributed by atoms with Gasteiger partial charge in [-0.3, -0.25) is 9.69 Å². The number of likely N-dealkylation sites (tertiary alicyclic amines) is 1. The molecule has 96 valence electrons. The zero-order valence-electron chi connectivity index (χ0n) is 10.1. The van der Waals surface area contributed by atoms with E-state index in [9.17, 15) is 4.79 Å². The van der Waals surface area contributed by atoms with Gasteiger partial charge in [-0.1, -0.05) is 19.2 Å². The molecule has 0 aromatic heterocycles. The fourth-order valence-electron chi connectivity index (χ4n) is 2.01. The first kappa shape index (κ1) is 14.5. The van der Waals surface area contributed by atoms with Crippen molar-refractivity contribution in [3.05, 3.63) is 0 Å². The molecule has 1 rings (SSSR count). The van der Waals surface area contributed by atoms with Crippen LogP contribution < -0.4 is 5.73 Å². The third-order valence-electron chi connectivity index (χ3n) is 3.31. The van der Waals surface area contributed by atoms with Crippen molar-refractivity contribution in [2.75, 3.05) is 19.6 Å². The van der Waals surface area contributed by atoms with Crippen molar-refractivity contribution >= 4 is 13.8 Å². The molecule has 0 spiro atoms. The number of carboxylic acid groups (broad SMARTS) is 1. The summed E-state index contributed by atoms with van der Waals surface area (Å²) in [5.41, 5.74) is 4.76. The highest BCUT2D eigenvalue weighted by molar-refractivity contribution is 6.08. The summed E-state index contributed by atoms with van der Waals surface area (Å²) in [7, 11) is 5.38. The summed E-state index contributed by atoms with van der Waals surface area (Å²) in [5.74, 6) is -0.949. The normalized spacial score (nSPS) is 20.8. The minimum atomic E-state index is -1.16. The number of carbonyl (C=O) groups is 1. The number of aliphatic hydroxyl groups excluding tert-OH is 1. The second-order valence-corrected chi connectivity index (χ2v) is 4.87. The van der Waals surface area contributed by atoms with E-state index in [-0.39, 0.29) is 6.10 Å². The van der Waals surface area contributed by atoms with Gasteiger partial charge in [-0.2, -0.15) is 0 Å². The van der Waals surface area contributed by atoms with Crippen LogP contribution in [0.15, 0.2) is 0 Å². The van der Waals surface area contributed by atoms with Crippen LogP contribution in [0.2, 0.25) is 6.32 Å². The molecule has 2 radical (unpaired) electrons. The van der Waals surface area contributed by atoms with Crippen LogP contribution in [0.4, 0.5) is 0 Å².